The third-order valence-electron chi connectivity index (χ3n) is 3.27. The van der Waals surface area contributed by atoms with E-state index in [0.717, 1.165) is 18.2 Å². The van der Waals surface area contributed by atoms with E-state index in [1.54, 1.807) is 20.4 Å². The zero-order valence-electron chi connectivity index (χ0n) is 12.2. The van der Waals surface area contributed by atoms with Crippen molar-refractivity contribution in [2.75, 3.05) is 32.7 Å². The molecule has 5 heteroatoms. The maximum absolute atomic E-state index is 5.18. The SMILES string of the molecule is COCCNc1nccn1C(C)c1ccc(OC)cc1. The minimum atomic E-state index is 0.202. The van der Waals surface area contributed by atoms with Crippen molar-refractivity contribution < 1.29 is 9.47 Å². The minimum Gasteiger partial charge on any atom is -0.497 e. The summed E-state index contributed by atoms with van der Waals surface area (Å²) in [6.07, 6.45) is 3.78. The second-order valence-electron chi connectivity index (χ2n) is 4.53. The van der Waals surface area contributed by atoms with E-state index in [-0.39, 0.29) is 6.04 Å². The molecule has 0 aliphatic rings. The molecule has 1 aromatic heterocycles. The number of anilines is 1. The van der Waals surface area contributed by atoms with Gasteiger partial charge in [0.05, 0.1) is 19.8 Å². The van der Waals surface area contributed by atoms with Crippen LogP contribution >= 0.6 is 0 Å². The molecule has 2 aromatic rings. The Balaban J connectivity index is 2.11. The first-order valence-corrected chi connectivity index (χ1v) is 6.66. The third-order valence-corrected chi connectivity index (χ3v) is 3.27. The first kappa shape index (κ1) is 14.4. The smallest absolute Gasteiger partial charge is 0.203 e. The van der Waals surface area contributed by atoms with E-state index in [9.17, 15) is 0 Å². The van der Waals surface area contributed by atoms with E-state index in [1.165, 1.54) is 5.56 Å². The third kappa shape index (κ3) is 3.30. The number of aromatic nitrogens is 2. The van der Waals surface area contributed by atoms with Crippen molar-refractivity contribution in [3.63, 3.8) is 0 Å². The van der Waals surface area contributed by atoms with Gasteiger partial charge >= 0.3 is 0 Å². The van der Waals surface area contributed by atoms with Crippen molar-refractivity contribution in [2.45, 2.75) is 13.0 Å². The zero-order chi connectivity index (χ0) is 14.4. The van der Waals surface area contributed by atoms with Crippen LogP contribution in [0.5, 0.6) is 5.75 Å². The minimum absolute atomic E-state index is 0.202. The second-order valence-corrected chi connectivity index (χ2v) is 4.53. The summed E-state index contributed by atoms with van der Waals surface area (Å²) in [7, 11) is 3.36. The normalized spacial score (nSPS) is 12.2. The molecule has 108 valence electrons. The van der Waals surface area contributed by atoms with Crippen LogP contribution < -0.4 is 10.1 Å². The van der Waals surface area contributed by atoms with Crippen LogP contribution in [0.15, 0.2) is 36.7 Å². The number of hydrogen-bond donors (Lipinski definition) is 1. The monoisotopic (exact) mass is 275 g/mol. The van der Waals surface area contributed by atoms with Gasteiger partial charge in [0.15, 0.2) is 0 Å². The lowest BCUT2D eigenvalue weighted by molar-refractivity contribution is 0.210. The zero-order valence-corrected chi connectivity index (χ0v) is 12.2. The summed E-state index contributed by atoms with van der Waals surface area (Å²) in [5, 5.41) is 3.27. The number of nitrogens with zero attached hydrogens (tertiary/aromatic N) is 2. The lowest BCUT2D eigenvalue weighted by atomic mass is 10.1. The highest BCUT2D eigenvalue weighted by atomic mass is 16.5. The molecular formula is C15H21N3O2. The van der Waals surface area contributed by atoms with Gasteiger partial charge in [-0.05, 0) is 24.6 Å². The second kappa shape index (κ2) is 6.96. The number of methoxy groups -OCH3 is 2. The average molecular weight is 275 g/mol. The number of hydrogen-bond acceptors (Lipinski definition) is 4. The molecule has 1 aromatic carbocycles. The fourth-order valence-corrected chi connectivity index (χ4v) is 2.07. The molecule has 2 rings (SSSR count). The average Bonchev–Trinajstić information content (AvgIpc) is 2.95. The van der Waals surface area contributed by atoms with Gasteiger partial charge in [0.25, 0.3) is 0 Å². The van der Waals surface area contributed by atoms with Crippen molar-refractivity contribution in [1.29, 1.82) is 0 Å². The summed E-state index contributed by atoms with van der Waals surface area (Å²) >= 11 is 0. The van der Waals surface area contributed by atoms with Crippen LogP contribution in [0.4, 0.5) is 5.95 Å². The number of benzene rings is 1. The van der Waals surface area contributed by atoms with E-state index in [0.29, 0.717) is 6.61 Å². The van der Waals surface area contributed by atoms with Gasteiger partial charge < -0.3 is 19.4 Å². The first-order chi connectivity index (χ1) is 9.76. The van der Waals surface area contributed by atoms with Crippen molar-refractivity contribution >= 4 is 5.95 Å². The predicted octanol–water partition coefficient (Wildman–Crippen LogP) is 2.56. The molecular weight excluding hydrogens is 254 g/mol. The number of rotatable bonds is 7. The topological polar surface area (TPSA) is 48.3 Å². The lowest BCUT2D eigenvalue weighted by Gasteiger charge is -2.17. The molecule has 1 N–H and O–H groups in total. The molecule has 1 unspecified atom stereocenters. The molecule has 0 saturated heterocycles. The van der Waals surface area contributed by atoms with Crippen molar-refractivity contribution in [3.05, 3.63) is 42.2 Å². The highest BCUT2D eigenvalue weighted by Gasteiger charge is 2.11. The van der Waals surface area contributed by atoms with Crippen molar-refractivity contribution in [3.8, 4) is 5.75 Å². The molecule has 20 heavy (non-hydrogen) atoms. The van der Waals surface area contributed by atoms with Crippen LogP contribution in [-0.2, 0) is 4.74 Å². The van der Waals surface area contributed by atoms with E-state index >= 15 is 0 Å². The van der Waals surface area contributed by atoms with Gasteiger partial charge in [-0.25, -0.2) is 4.98 Å². The van der Waals surface area contributed by atoms with Gasteiger partial charge in [-0.1, -0.05) is 12.1 Å². The van der Waals surface area contributed by atoms with Gasteiger partial charge in [-0.3, -0.25) is 0 Å². The number of imidazole rings is 1. The van der Waals surface area contributed by atoms with Crippen LogP contribution in [0, 0.1) is 0 Å². The van der Waals surface area contributed by atoms with Gasteiger partial charge in [-0.2, -0.15) is 0 Å². The summed E-state index contributed by atoms with van der Waals surface area (Å²) in [6.45, 7) is 3.54. The van der Waals surface area contributed by atoms with Crippen LogP contribution in [0.3, 0.4) is 0 Å². The van der Waals surface area contributed by atoms with E-state index in [4.69, 9.17) is 9.47 Å². The van der Waals surface area contributed by atoms with Gasteiger partial charge in [0.1, 0.15) is 5.75 Å². The Hall–Kier alpha value is -2.01. The Morgan fingerprint density at radius 1 is 1.25 bits per heavy atom. The summed E-state index contributed by atoms with van der Waals surface area (Å²) < 4.78 is 12.3. The first-order valence-electron chi connectivity index (χ1n) is 6.66. The fourth-order valence-electron chi connectivity index (χ4n) is 2.07. The standard InChI is InChI=1S/C15H21N3O2/c1-12(13-4-6-14(20-3)7-5-13)18-10-8-16-15(18)17-9-11-19-2/h4-8,10,12H,9,11H2,1-3H3,(H,16,17). The van der Waals surface area contributed by atoms with Crippen molar-refractivity contribution in [2.24, 2.45) is 0 Å². The molecule has 5 nitrogen and oxygen atoms in total. The quantitative estimate of drug-likeness (QED) is 0.789. The number of nitrogens with one attached hydrogen (secondary N) is 1. The Bertz CT molecular complexity index is 522. The Labute approximate surface area is 119 Å². The summed E-state index contributed by atoms with van der Waals surface area (Å²) in [5.74, 6) is 1.72. The molecule has 1 heterocycles. The highest BCUT2D eigenvalue weighted by molar-refractivity contribution is 5.33. The molecule has 0 aliphatic carbocycles. The van der Waals surface area contributed by atoms with Crippen LogP contribution in [-0.4, -0.2) is 36.9 Å². The highest BCUT2D eigenvalue weighted by Crippen LogP contribution is 2.23. The van der Waals surface area contributed by atoms with Crippen molar-refractivity contribution in [1.82, 2.24) is 9.55 Å². The maximum Gasteiger partial charge on any atom is 0.203 e. The fraction of sp³-hybridized carbons (Fsp3) is 0.400. The molecule has 0 radical (unpaired) electrons. The molecule has 0 aliphatic heterocycles. The van der Waals surface area contributed by atoms with Crippen LogP contribution in [0.1, 0.15) is 18.5 Å². The molecule has 0 fully saturated rings. The Morgan fingerprint density at radius 3 is 2.65 bits per heavy atom. The van der Waals surface area contributed by atoms with Gasteiger partial charge in [0, 0.05) is 26.0 Å². The Kier molecular flexibility index (Phi) is 5.01. The molecule has 0 spiro atoms. The summed E-state index contributed by atoms with van der Waals surface area (Å²) in [6, 6.07) is 8.29. The van der Waals surface area contributed by atoms with Crippen LogP contribution in [0.2, 0.25) is 0 Å². The largest absolute Gasteiger partial charge is 0.497 e. The molecule has 0 bridgehead atoms. The van der Waals surface area contributed by atoms with E-state index in [1.807, 2.05) is 18.3 Å². The predicted molar refractivity (Wildman–Crippen MR) is 79.4 cm³/mol. The molecule has 0 saturated carbocycles. The summed E-state index contributed by atoms with van der Waals surface area (Å²) in [5.41, 5.74) is 1.21. The van der Waals surface area contributed by atoms with E-state index < -0.39 is 0 Å². The lowest BCUT2D eigenvalue weighted by Crippen LogP contribution is -2.15. The van der Waals surface area contributed by atoms with Gasteiger partial charge in [0.2, 0.25) is 5.95 Å². The van der Waals surface area contributed by atoms with Gasteiger partial charge in [-0.15, -0.1) is 0 Å². The Morgan fingerprint density at radius 2 is 2.00 bits per heavy atom. The van der Waals surface area contributed by atoms with Crippen LogP contribution in [0.25, 0.3) is 0 Å². The molecule has 1 atom stereocenters. The molecule has 0 amide bonds. The van der Waals surface area contributed by atoms with E-state index in [2.05, 4.69) is 33.9 Å². The maximum atomic E-state index is 5.18. The number of ether oxygens (including phenoxy) is 2. The summed E-state index contributed by atoms with van der Waals surface area (Å²) in [4.78, 5) is 4.34.